The molecule has 0 atom stereocenters. The highest BCUT2D eigenvalue weighted by Crippen LogP contribution is 2.05. The lowest BCUT2D eigenvalue weighted by Gasteiger charge is -1.92. The fraction of sp³-hybridized carbons (Fsp3) is 0. The van der Waals surface area contributed by atoms with Crippen molar-refractivity contribution in [3.05, 3.63) is 66.2 Å². The van der Waals surface area contributed by atoms with Gasteiger partial charge in [0.1, 0.15) is 17.4 Å². The minimum absolute atomic E-state index is 0.411. The molecule has 88 valence electrons. The van der Waals surface area contributed by atoms with Crippen molar-refractivity contribution in [2.75, 3.05) is 0 Å². The number of hydrogen-bond acceptors (Lipinski definition) is 2. The van der Waals surface area contributed by atoms with E-state index in [-0.39, 0.29) is 0 Å². The maximum atomic E-state index is 11.9. The van der Waals surface area contributed by atoms with Crippen LogP contribution < -0.4 is 4.74 Å². The highest BCUT2D eigenvalue weighted by atomic mass is 19.1. The lowest BCUT2D eigenvalue weighted by atomic mass is 10.3. The fourth-order valence-electron chi connectivity index (χ4n) is 0.984. The molecule has 0 unspecified atom stereocenters. The molecule has 0 amide bonds. The van der Waals surface area contributed by atoms with Gasteiger partial charge in [-0.1, -0.05) is 18.2 Å². The Bertz CT molecular complexity index is 420. The van der Waals surface area contributed by atoms with Crippen molar-refractivity contribution in [3.63, 3.8) is 0 Å². The van der Waals surface area contributed by atoms with Crippen LogP contribution in [0.2, 0.25) is 0 Å². The van der Waals surface area contributed by atoms with E-state index in [1.807, 2.05) is 6.07 Å². The van der Waals surface area contributed by atoms with Crippen LogP contribution in [-0.2, 0) is 4.79 Å². The largest absolute Gasteiger partial charge is 0.429 e. The smallest absolute Gasteiger partial charge is 0.298 e. The summed E-state index contributed by atoms with van der Waals surface area (Å²) in [6.45, 7) is 0.412. The number of halogens is 2. The molecular weight excluding hydrogens is 226 g/mol. The molecule has 2 nitrogen and oxygen atoms in total. The van der Waals surface area contributed by atoms with E-state index >= 15 is 0 Å². The molecule has 2 aromatic carbocycles. The van der Waals surface area contributed by atoms with Crippen molar-refractivity contribution in [3.8, 4) is 5.75 Å². The van der Waals surface area contributed by atoms with Crippen LogP contribution in [0.15, 0.2) is 54.6 Å². The van der Waals surface area contributed by atoms with E-state index in [1.165, 1.54) is 0 Å². The summed E-state index contributed by atoms with van der Waals surface area (Å²) >= 11 is 0. The van der Waals surface area contributed by atoms with Crippen LogP contribution in [0.1, 0.15) is 0 Å². The number of carbonyl (C=O) groups excluding carboxylic acids is 1. The van der Waals surface area contributed by atoms with Crippen LogP contribution >= 0.6 is 0 Å². The Labute approximate surface area is 97.5 Å². The summed E-state index contributed by atoms with van der Waals surface area (Å²) < 4.78 is 28.4. The lowest BCUT2D eigenvalue weighted by Crippen LogP contribution is -1.85. The van der Waals surface area contributed by atoms with E-state index in [1.54, 1.807) is 24.3 Å². The molecule has 2 rings (SSSR count). The minimum Gasteiger partial charge on any atom is -0.429 e. The van der Waals surface area contributed by atoms with Crippen molar-refractivity contribution in [1.82, 2.24) is 0 Å². The van der Waals surface area contributed by atoms with E-state index in [4.69, 9.17) is 0 Å². The number of rotatable bonds is 2. The normalized spacial score (nSPS) is 8.82. The first-order chi connectivity index (χ1) is 8.22. The molecular formula is C13H10F2O2. The molecule has 0 heterocycles. The standard InChI is InChI=1S/C7H6O2.C6H4F2/c8-6-9-7-4-2-1-3-5-7;7-5-1-2-6(8)4-3-5/h1-6H;1-4H. The second-order valence-corrected chi connectivity index (χ2v) is 2.96. The second kappa shape index (κ2) is 7.11. The van der Waals surface area contributed by atoms with E-state index in [0.29, 0.717) is 12.2 Å². The first kappa shape index (κ1) is 12.8. The summed E-state index contributed by atoms with van der Waals surface area (Å²) in [5.74, 6) is -0.245. The van der Waals surface area contributed by atoms with Crippen molar-refractivity contribution >= 4 is 6.47 Å². The monoisotopic (exact) mass is 236 g/mol. The molecule has 17 heavy (non-hydrogen) atoms. The third-order valence-corrected chi connectivity index (χ3v) is 1.73. The SMILES string of the molecule is Fc1ccc(F)cc1.O=COc1ccccc1. The van der Waals surface area contributed by atoms with Gasteiger partial charge in [0.25, 0.3) is 6.47 Å². The third kappa shape index (κ3) is 5.41. The zero-order valence-corrected chi connectivity index (χ0v) is 8.85. The molecule has 0 radical (unpaired) electrons. The van der Waals surface area contributed by atoms with Crippen molar-refractivity contribution in [2.45, 2.75) is 0 Å². The van der Waals surface area contributed by atoms with Crippen LogP contribution in [0.3, 0.4) is 0 Å². The Kier molecular flexibility index (Phi) is 5.37. The summed E-state index contributed by atoms with van der Waals surface area (Å²) in [6.07, 6.45) is 0. The molecule has 0 spiro atoms. The van der Waals surface area contributed by atoms with Gasteiger partial charge in [-0.25, -0.2) is 8.78 Å². The van der Waals surface area contributed by atoms with Crippen LogP contribution in [0.4, 0.5) is 8.78 Å². The Morgan fingerprint density at radius 1 is 0.824 bits per heavy atom. The van der Waals surface area contributed by atoms with Gasteiger partial charge in [0.05, 0.1) is 0 Å². The fourth-order valence-corrected chi connectivity index (χ4v) is 0.984. The lowest BCUT2D eigenvalue weighted by molar-refractivity contribution is -0.120. The summed E-state index contributed by atoms with van der Waals surface area (Å²) in [6, 6.07) is 13.2. The van der Waals surface area contributed by atoms with Gasteiger partial charge in [0.2, 0.25) is 0 Å². The molecule has 0 saturated heterocycles. The van der Waals surface area contributed by atoms with Crippen LogP contribution in [-0.4, -0.2) is 6.47 Å². The Morgan fingerprint density at radius 3 is 1.71 bits per heavy atom. The zero-order valence-electron chi connectivity index (χ0n) is 8.85. The van der Waals surface area contributed by atoms with Gasteiger partial charge in [0.15, 0.2) is 0 Å². The highest BCUT2D eigenvalue weighted by Gasteiger charge is 1.87. The van der Waals surface area contributed by atoms with Gasteiger partial charge in [-0.3, -0.25) is 4.79 Å². The second-order valence-electron chi connectivity index (χ2n) is 2.96. The molecule has 0 N–H and O–H groups in total. The van der Waals surface area contributed by atoms with E-state index in [2.05, 4.69) is 4.74 Å². The van der Waals surface area contributed by atoms with E-state index in [0.717, 1.165) is 24.3 Å². The molecule has 2 aromatic rings. The Hall–Kier alpha value is -2.23. The molecule has 0 aliphatic rings. The average molecular weight is 236 g/mol. The number of hydrogen-bond donors (Lipinski definition) is 0. The highest BCUT2D eigenvalue weighted by molar-refractivity contribution is 5.44. The van der Waals surface area contributed by atoms with E-state index in [9.17, 15) is 13.6 Å². The van der Waals surface area contributed by atoms with Crippen molar-refractivity contribution < 1.29 is 18.3 Å². The summed E-state index contributed by atoms with van der Waals surface area (Å²) in [7, 11) is 0. The average Bonchev–Trinajstić information content (AvgIpc) is 2.36. The van der Waals surface area contributed by atoms with Crippen LogP contribution in [0, 0.1) is 11.6 Å². The molecule has 0 aliphatic carbocycles. The quantitative estimate of drug-likeness (QED) is 0.748. The van der Waals surface area contributed by atoms with Crippen LogP contribution in [0.25, 0.3) is 0 Å². The maximum absolute atomic E-state index is 11.9. The number of benzene rings is 2. The molecule has 0 fully saturated rings. The summed E-state index contributed by atoms with van der Waals surface area (Å²) in [4.78, 5) is 9.75. The molecule has 0 saturated carbocycles. The number of ether oxygens (including phenoxy) is 1. The first-order valence-corrected chi connectivity index (χ1v) is 4.79. The minimum atomic E-state index is -0.411. The zero-order chi connectivity index (χ0) is 12.5. The molecule has 0 aliphatic heterocycles. The van der Waals surface area contributed by atoms with Gasteiger partial charge in [0, 0.05) is 0 Å². The third-order valence-electron chi connectivity index (χ3n) is 1.73. The van der Waals surface area contributed by atoms with Crippen molar-refractivity contribution in [2.24, 2.45) is 0 Å². The number of carbonyl (C=O) groups is 1. The van der Waals surface area contributed by atoms with Crippen molar-refractivity contribution in [1.29, 1.82) is 0 Å². The number of para-hydroxylation sites is 1. The molecule has 0 bridgehead atoms. The predicted octanol–water partition coefficient (Wildman–Crippen LogP) is 3.19. The van der Waals surface area contributed by atoms with Gasteiger partial charge in [-0.15, -0.1) is 0 Å². The maximum Gasteiger partial charge on any atom is 0.298 e. The summed E-state index contributed by atoms with van der Waals surface area (Å²) in [5, 5.41) is 0. The predicted molar refractivity (Wildman–Crippen MR) is 59.5 cm³/mol. The topological polar surface area (TPSA) is 26.3 Å². The summed E-state index contributed by atoms with van der Waals surface area (Å²) in [5.41, 5.74) is 0. The molecule has 0 aromatic heterocycles. The first-order valence-electron chi connectivity index (χ1n) is 4.79. The molecule has 4 heteroatoms. The van der Waals surface area contributed by atoms with Gasteiger partial charge in [-0.2, -0.15) is 0 Å². The van der Waals surface area contributed by atoms with Gasteiger partial charge >= 0.3 is 0 Å². The van der Waals surface area contributed by atoms with Gasteiger partial charge < -0.3 is 4.74 Å². The van der Waals surface area contributed by atoms with Gasteiger partial charge in [-0.05, 0) is 36.4 Å². The van der Waals surface area contributed by atoms with E-state index < -0.39 is 11.6 Å². The van der Waals surface area contributed by atoms with Crippen LogP contribution in [0.5, 0.6) is 5.75 Å². The Morgan fingerprint density at radius 2 is 1.29 bits per heavy atom. The Balaban J connectivity index is 0.000000171.